The van der Waals surface area contributed by atoms with Crippen LogP contribution in [0.5, 0.6) is 0 Å². The van der Waals surface area contributed by atoms with Crippen molar-refractivity contribution in [3.8, 4) is 22.9 Å². The molecule has 2 aromatic carbocycles. The molecule has 6 rings (SSSR count). The predicted octanol–water partition coefficient (Wildman–Crippen LogP) is 4.85. The maximum Gasteiger partial charge on any atom is 0.233 e. The SMILES string of the molecule is Fc1ccn(-c2ccc3nc(-c4ccccc4)n(-c4ccc5c(c4)CC(F)C5)c3n2)n1. The summed E-state index contributed by atoms with van der Waals surface area (Å²) in [6.45, 7) is 0. The first-order valence-electron chi connectivity index (χ1n) is 10.1. The minimum atomic E-state index is -0.835. The zero-order valence-corrected chi connectivity index (χ0v) is 16.4. The summed E-state index contributed by atoms with van der Waals surface area (Å²) >= 11 is 0. The average Bonchev–Trinajstić information content (AvgIpc) is 3.48. The Bertz CT molecular complexity index is 1420. The second kappa shape index (κ2) is 6.84. The molecule has 1 atom stereocenters. The fraction of sp³-hybridized carbons (Fsp3) is 0.125. The van der Waals surface area contributed by atoms with Crippen LogP contribution in [0.3, 0.4) is 0 Å². The zero-order valence-electron chi connectivity index (χ0n) is 16.4. The van der Waals surface area contributed by atoms with Crippen LogP contribution in [0, 0.1) is 5.95 Å². The van der Waals surface area contributed by atoms with E-state index in [0.717, 1.165) is 28.2 Å². The minimum Gasteiger partial charge on any atom is -0.277 e. The summed E-state index contributed by atoms with van der Waals surface area (Å²) in [6, 6.07) is 20.7. The highest BCUT2D eigenvalue weighted by Gasteiger charge is 2.23. The molecule has 0 aliphatic heterocycles. The lowest BCUT2D eigenvalue weighted by Gasteiger charge is -2.11. The zero-order chi connectivity index (χ0) is 20.9. The standard InChI is InChI=1S/C24H17F2N5/c25-18-12-16-6-7-19(14-17(16)13-18)31-23(15-4-2-1-3-5-15)27-20-8-9-22(28-24(20)31)30-11-10-21(26)29-30/h1-11,14,18H,12-13H2. The third-order valence-electron chi connectivity index (χ3n) is 5.64. The molecule has 3 heterocycles. The smallest absolute Gasteiger partial charge is 0.233 e. The van der Waals surface area contributed by atoms with Crippen LogP contribution >= 0.6 is 0 Å². The molecule has 1 unspecified atom stereocenters. The maximum absolute atomic E-state index is 14.0. The lowest BCUT2D eigenvalue weighted by Crippen LogP contribution is -2.03. The second-order valence-electron chi connectivity index (χ2n) is 7.69. The second-order valence-corrected chi connectivity index (χ2v) is 7.69. The quantitative estimate of drug-likeness (QED) is 0.425. The van der Waals surface area contributed by atoms with Gasteiger partial charge in [-0.1, -0.05) is 36.4 Å². The molecular formula is C24H17F2N5. The van der Waals surface area contributed by atoms with Gasteiger partial charge < -0.3 is 0 Å². The van der Waals surface area contributed by atoms with Crippen molar-refractivity contribution >= 4 is 11.2 Å². The number of rotatable bonds is 3. The van der Waals surface area contributed by atoms with E-state index in [-0.39, 0.29) is 0 Å². The number of hydrogen-bond donors (Lipinski definition) is 0. The highest BCUT2D eigenvalue weighted by Crippen LogP contribution is 2.32. The van der Waals surface area contributed by atoms with Crippen LogP contribution in [0.2, 0.25) is 0 Å². The summed E-state index contributed by atoms with van der Waals surface area (Å²) in [5.41, 5.74) is 5.20. The van der Waals surface area contributed by atoms with Crippen molar-refractivity contribution in [3.05, 3.63) is 90.0 Å². The molecule has 0 saturated heterocycles. The maximum atomic E-state index is 14.0. The van der Waals surface area contributed by atoms with E-state index in [1.165, 1.54) is 16.9 Å². The fourth-order valence-electron chi connectivity index (χ4n) is 4.22. The Balaban J connectivity index is 1.60. The molecule has 31 heavy (non-hydrogen) atoms. The summed E-state index contributed by atoms with van der Waals surface area (Å²) in [7, 11) is 0. The van der Waals surface area contributed by atoms with Gasteiger partial charge in [-0.15, -0.1) is 5.10 Å². The molecular weight excluding hydrogens is 396 g/mol. The molecule has 5 aromatic rings. The van der Waals surface area contributed by atoms with Gasteiger partial charge in [-0.05, 0) is 35.4 Å². The molecule has 7 heteroatoms. The highest BCUT2D eigenvalue weighted by molar-refractivity contribution is 5.81. The van der Waals surface area contributed by atoms with Gasteiger partial charge in [-0.3, -0.25) is 4.57 Å². The van der Waals surface area contributed by atoms with E-state index in [0.29, 0.717) is 29.8 Å². The molecule has 0 radical (unpaired) electrons. The molecule has 0 amide bonds. The third kappa shape index (κ3) is 3.01. The number of imidazole rings is 1. The van der Waals surface area contributed by atoms with E-state index in [1.54, 1.807) is 6.07 Å². The van der Waals surface area contributed by atoms with Crippen LogP contribution in [0.1, 0.15) is 11.1 Å². The summed E-state index contributed by atoms with van der Waals surface area (Å²) in [6.07, 6.45) is 1.57. The molecule has 0 fully saturated rings. The topological polar surface area (TPSA) is 48.5 Å². The molecule has 5 nitrogen and oxygen atoms in total. The number of pyridine rings is 1. The molecule has 152 valence electrons. The van der Waals surface area contributed by atoms with Gasteiger partial charge in [0.15, 0.2) is 11.5 Å². The Kier molecular flexibility index (Phi) is 3.96. The molecule has 0 bridgehead atoms. The molecule has 3 aromatic heterocycles. The fourth-order valence-corrected chi connectivity index (χ4v) is 4.22. The number of fused-ring (bicyclic) bond motifs is 2. The van der Waals surface area contributed by atoms with Crippen molar-refractivity contribution in [3.63, 3.8) is 0 Å². The van der Waals surface area contributed by atoms with Gasteiger partial charge in [-0.2, -0.15) is 4.39 Å². The highest BCUT2D eigenvalue weighted by atomic mass is 19.1. The van der Waals surface area contributed by atoms with Crippen molar-refractivity contribution in [2.75, 3.05) is 0 Å². The van der Waals surface area contributed by atoms with E-state index < -0.39 is 12.1 Å². The van der Waals surface area contributed by atoms with Gasteiger partial charge in [0.05, 0.1) is 0 Å². The van der Waals surface area contributed by atoms with E-state index >= 15 is 0 Å². The van der Waals surface area contributed by atoms with Crippen molar-refractivity contribution in [1.29, 1.82) is 0 Å². The van der Waals surface area contributed by atoms with Crippen LogP contribution in [0.25, 0.3) is 34.1 Å². The van der Waals surface area contributed by atoms with E-state index in [9.17, 15) is 8.78 Å². The Morgan fingerprint density at radius 2 is 1.71 bits per heavy atom. The van der Waals surface area contributed by atoms with Gasteiger partial charge in [0.25, 0.3) is 0 Å². The van der Waals surface area contributed by atoms with Crippen molar-refractivity contribution in [2.45, 2.75) is 19.0 Å². The Morgan fingerprint density at radius 3 is 2.52 bits per heavy atom. The average molecular weight is 413 g/mol. The van der Waals surface area contributed by atoms with Crippen molar-refractivity contribution in [1.82, 2.24) is 24.3 Å². The summed E-state index contributed by atoms with van der Waals surface area (Å²) < 4.78 is 30.8. The minimum absolute atomic E-state index is 0.418. The van der Waals surface area contributed by atoms with E-state index in [2.05, 4.69) is 5.10 Å². The molecule has 0 spiro atoms. The summed E-state index contributed by atoms with van der Waals surface area (Å²) in [5, 5.41) is 3.83. The number of benzene rings is 2. The van der Waals surface area contributed by atoms with Crippen LogP contribution < -0.4 is 0 Å². The Hall–Kier alpha value is -3.87. The van der Waals surface area contributed by atoms with Gasteiger partial charge in [-0.25, -0.2) is 19.0 Å². The van der Waals surface area contributed by atoms with Gasteiger partial charge in [0.2, 0.25) is 5.95 Å². The summed E-state index contributed by atoms with van der Waals surface area (Å²) in [4.78, 5) is 9.58. The monoisotopic (exact) mass is 413 g/mol. The predicted molar refractivity (Wildman–Crippen MR) is 114 cm³/mol. The largest absolute Gasteiger partial charge is 0.277 e. The first kappa shape index (κ1) is 17.9. The molecule has 0 saturated carbocycles. The van der Waals surface area contributed by atoms with Crippen LogP contribution in [-0.2, 0) is 12.8 Å². The van der Waals surface area contributed by atoms with Crippen LogP contribution in [0.15, 0.2) is 72.9 Å². The van der Waals surface area contributed by atoms with Gasteiger partial charge >= 0.3 is 0 Å². The lowest BCUT2D eigenvalue weighted by atomic mass is 10.1. The summed E-state index contributed by atoms with van der Waals surface area (Å²) in [5.74, 6) is 0.656. The van der Waals surface area contributed by atoms with Gasteiger partial charge in [0, 0.05) is 36.4 Å². The number of aromatic nitrogens is 5. The number of nitrogens with zero attached hydrogens (tertiary/aromatic N) is 5. The van der Waals surface area contributed by atoms with Crippen molar-refractivity contribution < 1.29 is 8.78 Å². The first-order chi connectivity index (χ1) is 15.2. The van der Waals surface area contributed by atoms with Crippen LogP contribution in [-0.4, -0.2) is 30.5 Å². The number of alkyl halides is 1. The number of hydrogen-bond acceptors (Lipinski definition) is 3. The van der Waals surface area contributed by atoms with E-state index in [1.807, 2.05) is 59.2 Å². The van der Waals surface area contributed by atoms with Crippen molar-refractivity contribution in [2.24, 2.45) is 0 Å². The van der Waals surface area contributed by atoms with Crippen LogP contribution in [0.4, 0.5) is 8.78 Å². The normalized spacial score (nSPS) is 15.5. The first-order valence-corrected chi connectivity index (χ1v) is 10.1. The van der Waals surface area contributed by atoms with Gasteiger partial charge in [0.1, 0.15) is 17.5 Å². The Morgan fingerprint density at radius 1 is 0.871 bits per heavy atom. The Labute approximate surface area is 176 Å². The third-order valence-corrected chi connectivity index (χ3v) is 5.64. The molecule has 1 aliphatic carbocycles. The molecule has 1 aliphatic rings. The molecule has 0 N–H and O–H groups in total. The lowest BCUT2D eigenvalue weighted by molar-refractivity contribution is 0.349. The number of halogens is 2. The van der Waals surface area contributed by atoms with E-state index in [4.69, 9.17) is 9.97 Å².